The van der Waals surface area contributed by atoms with E-state index in [1.165, 1.54) is 24.3 Å². The highest BCUT2D eigenvalue weighted by atomic mass is 32.1. The molecule has 1 aliphatic rings. The molecule has 3 aromatic rings. The second-order valence-corrected chi connectivity index (χ2v) is 7.72. The van der Waals surface area contributed by atoms with Crippen molar-refractivity contribution in [2.75, 3.05) is 26.2 Å². The van der Waals surface area contributed by atoms with Gasteiger partial charge in [0.15, 0.2) is 0 Å². The van der Waals surface area contributed by atoms with Crippen molar-refractivity contribution in [2.45, 2.75) is 12.8 Å². The van der Waals surface area contributed by atoms with Crippen molar-refractivity contribution in [3.8, 4) is 0 Å². The quantitative estimate of drug-likeness (QED) is 0.678. The maximum Gasteiger partial charge on any atom is 0.253 e. The summed E-state index contributed by atoms with van der Waals surface area (Å²) in [6.45, 7) is 2.04. The van der Waals surface area contributed by atoms with Gasteiger partial charge in [0.25, 0.3) is 5.91 Å². The minimum atomic E-state index is -0.360. The zero-order valence-corrected chi connectivity index (χ0v) is 16.1. The Balaban J connectivity index is 1.28. The van der Waals surface area contributed by atoms with Crippen molar-refractivity contribution in [3.63, 3.8) is 0 Å². The molecule has 144 valence electrons. The van der Waals surface area contributed by atoms with Crippen LogP contribution >= 0.6 is 11.3 Å². The first-order chi connectivity index (χ1) is 13.6. The maximum atomic E-state index is 13.0. The molecule has 0 radical (unpaired) electrons. The van der Waals surface area contributed by atoms with Gasteiger partial charge >= 0.3 is 0 Å². The minimum absolute atomic E-state index is 0.110. The van der Waals surface area contributed by atoms with Crippen LogP contribution in [0.2, 0.25) is 0 Å². The standard InChI is InChI=1S/C21H20FN3O2S/c22-17-5-3-16(4-6-17)21(27)25-11-9-24(10-12-25)20(26)8-2-15-1-7-18-19(13-15)28-14-23-18/h1,3-7,13-14H,2,8-12H2. The zero-order valence-electron chi connectivity index (χ0n) is 15.3. The molecule has 0 N–H and O–H groups in total. The highest BCUT2D eigenvalue weighted by Crippen LogP contribution is 2.20. The summed E-state index contributed by atoms with van der Waals surface area (Å²) < 4.78 is 14.2. The van der Waals surface area contributed by atoms with Gasteiger partial charge in [-0.3, -0.25) is 9.59 Å². The second-order valence-electron chi connectivity index (χ2n) is 6.83. The summed E-state index contributed by atoms with van der Waals surface area (Å²) in [4.78, 5) is 32.8. The number of piperazine rings is 1. The molecule has 7 heteroatoms. The molecule has 4 rings (SSSR count). The molecule has 1 fully saturated rings. The normalized spacial score (nSPS) is 14.5. The van der Waals surface area contributed by atoms with E-state index in [1.54, 1.807) is 16.2 Å². The van der Waals surface area contributed by atoms with Crippen LogP contribution in [0.25, 0.3) is 10.2 Å². The van der Waals surface area contributed by atoms with E-state index in [2.05, 4.69) is 11.1 Å². The number of aryl methyl sites for hydroxylation is 1. The summed E-state index contributed by atoms with van der Waals surface area (Å²) in [6.07, 6.45) is 1.15. The summed E-state index contributed by atoms with van der Waals surface area (Å²) in [5.74, 6) is -0.371. The van der Waals surface area contributed by atoms with Crippen molar-refractivity contribution >= 4 is 33.4 Å². The average Bonchev–Trinajstić information content (AvgIpc) is 3.20. The lowest BCUT2D eigenvalue weighted by Gasteiger charge is -2.35. The average molecular weight is 397 g/mol. The SMILES string of the molecule is O=C(CCc1ccc2ncsc2c1)N1CCN(C(=O)c2ccc(F)cc2)CC1. The van der Waals surface area contributed by atoms with Crippen LogP contribution in [0.4, 0.5) is 4.39 Å². The molecule has 0 aliphatic carbocycles. The molecule has 1 saturated heterocycles. The summed E-state index contributed by atoms with van der Waals surface area (Å²) in [5.41, 5.74) is 4.42. The molecule has 2 amide bonds. The Labute approximate surface area is 166 Å². The highest BCUT2D eigenvalue weighted by molar-refractivity contribution is 7.16. The van der Waals surface area contributed by atoms with E-state index in [1.807, 2.05) is 22.5 Å². The number of benzene rings is 2. The number of carbonyl (C=O) groups is 2. The third-order valence-corrected chi connectivity index (χ3v) is 5.83. The molecule has 1 aliphatic heterocycles. The smallest absolute Gasteiger partial charge is 0.253 e. The number of aromatic nitrogens is 1. The lowest BCUT2D eigenvalue weighted by molar-refractivity contribution is -0.132. The van der Waals surface area contributed by atoms with E-state index in [0.717, 1.165) is 15.8 Å². The Kier molecular flexibility index (Phi) is 5.34. The first-order valence-corrected chi connectivity index (χ1v) is 10.1. The van der Waals surface area contributed by atoms with E-state index in [9.17, 15) is 14.0 Å². The van der Waals surface area contributed by atoms with Gasteiger partial charge in [-0.15, -0.1) is 11.3 Å². The number of rotatable bonds is 4. The Bertz CT molecular complexity index is 994. The van der Waals surface area contributed by atoms with Gasteiger partial charge in [0.2, 0.25) is 5.91 Å². The van der Waals surface area contributed by atoms with E-state index in [0.29, 0.717) is 44.6 Å². The summed E-state index contributed by atoms with van der Waals surface area (Å²) >= 11 is 1.60. The highest BCUT2D eigenvalue weighted by Gasteiger charge is 2.24. The van der Waals surface area contributed by atoms with Gasteiger partial charge in [-0.1, -0.05) is 6.07 Å². The van der Waals surface area contributed by atoms with Crippen LogP contribution in [-0.2, 0) is 11.2 Å². The Hall–Kier alpha value is -2.80. The van der Waals surface area contributed by atoms with Crippen molar-refractivity contribution in [1.29, 1.82) is 0 Å². The fourth-order valence-electron chi connectivity index (χ4n) is 3.40. The molecular formula is C21H20FN3O2S. The molecule has 0 unspecified atom stereocenters. The monoisotopic (exact) mass is 397 g/mol. The van der Waals surface area contributed by atoms with Crippen molar-refractivity contribution in [1.82, 2.24) is 14.8 Å². The number of fused-ring (bicyclic) bond motifs is 1. The van der Waals surface area contributed by atoms with E-state index in [-0.39, 0.29) is 17.6 Å². The lowest BCUT2D eigenvalue weighted by Crippen LogP contribution is -2.50. The molecule has 2 aromatic carbocycles. The van der Waals surface area contributed by atoms with Gasteiger partial charge in [-0.2, -0.15) is 0 Å². The summed E-state index contributed by atoms with van der Waals surface area (Å²) in [7, 11) is 0. The Morgan fingerprint density at radius 2 is 1.71 bits per heavy atom. The molecule has 5 nitrogen and oxygen atoms in total. The molecule has 0 bridgehead atoms. The number of hydrogen-bond acceptors (Lipinski definition) is 4. The molecular weight excluding hydrogens is 377 g/mol. The van der Waals surface area contributed by atoms with Crippen LogP contribution in [0.5, 0.6) is 0 Å². The van der Waals surface area contributed by atoms with Gasteiger partial charge in [0.1, 0.15) is 5.82 Å². The number of amides is 2. The van der Waals surface area contributed by atoms with Gasteiger partial charge < -0.3 is 9.80 Å². The lowest BCUT2D eigenvalue weighted by atomic mass is 10.1. The molecule has 1 aromatic heterocycles. The van der Waals surface area contributed by atoms with Crippen LogP contribution < -0.4 is 0 Å². The maximum absolute atomic E-state index is 13.0. The van der Waals surface area contributed by atoms with Crippen molar-refractivity contribution in [3.05, 3.63) is 64.9 Å². The van der Waals surface area contributed by atoms with Gasteiger partial charge in [-0.05, 0) is 48.4 Å². The number of nitrogens with zero attached hydrogens (tertiary/aromatic N) is 3. The molecule has 0 saturated carbocycles. The van der Waals surface area contributed by atoms with E-state index in [4.69, 9.17) is 0 Å². The van der Waals surface area contributed by atoms with E-state index >= 15 is 0 Å². The van der Waals surface area contributed by atoms with Crippen LogP contribution in [0.3, 0.4) is 0 Å². The number of thiazole rings is 1. The predicted octanol–water partition coefficient (Wildman–Crippen LogP) is 3.35. The minimum Gasteiger partial charge on any atom is -0.339 e. The molecule has 0 spiro atoms. The van der Waals surface area contributed by atoms with Crippen LogP contribution in [0, 0.1) is 5.82 Å². The van der Waals surface area contributed by atoms with Crippen LogP contribution in [-0.4, -0.2) is 52.8 Å². The van der Waals surface area contributed by atoms with Gasteiger partial charge in [0, 0.05) is 38.2 Å². The predicted molar refractivity (Wildman–Crippen MR) is 107 cm³/mol. The largest absolute Gasteiger partial charge is 0.339 e. The first-order valence-electron chi connectivity index (χ1n) is 9.25. The summed E-state index contributed by atoms with van der Waals surface area (Å²) in [6, 6.07) is 11.7. The fourth-order valence-corrected chi connectivity index (χ4v) is 4.14. The topological polar surface area (TPSA) is 53.5 Å². The number of carbonyl (C=O) groups excluding carboxylic acids is 2. The van der Waals surface area contributed by atoms with Gasteiger partial charge in [-0.25, -0.2) is 9.37 Å². The number of hydrogen-bond donors (Lipinski definition) is 0. The summed E-state index contributed by atoms with van der Waals surface area (Å²) in [5, 5.41) is 0. The van der Waals surface area contributed by atoms with Crippen molar-refractivity contribution < 1.29 is 14.0 Å². The third-order valence-electron chi connectivity index (χ3n) is 5.03. The Morgan fingerprint density at radius 3 is 2.46 bits per heavy atom. The zero-order chi connectivity index (χ0) is 19.5. The Morgan fingerprint density at radius 1 is 1.00 bits per heavy atom. The second kappa shape index (κ2) is 8.06. The molecule has 0 atom stereocenters. The van der Waals surface area contributed by atoms with Crippen LogP contribution in [0.15, 0.2) is 48.0 Å². The van der Waals surface area contributed by atoms with Crippen molar-refractivity contribution in [2.24, 2.45) is 0 Å². The van der Waals surface area contributed by atoms with E-state index < -0.39 is 0 Å². The van der Waals surface area contributed by atoms with Crippen LogP contribution in [0.1, 0.15) is 22.3 Å². The molecule has 28 heavy (non-hydrogen) atoms. The fraction of sp³-hybridized carbons (Fsp3) is 0.286. The third kappa shape index (κ3) is 4.04. The van der Waals surface area contributed by atoms with Gasteiger partial charge in [0.05, 0.1) is 15.7 Å². The number of halogens is 1. The molecule has 2 heterocycles. The first kappa shape index (κ1) is 18.6.